The molecule has 12 heavy (non-hydrogen) atoms. The van der Waals surface area contributed by atoms with E-state index in [1.807, 2.05) is 25.3 Å². The van der Waals surface area contributed by atoms with Crippen LogP contribution >= 0.6 is 0 Å². The van der Waals surface area contributed by atoms with E-state index >= 15 is 0 Å². The van der Waals surface area contributed by atoms with Crippen molar-refractivity contribution in [3.05, 3.63) is 29.6 Å². The number of nitriles is 1. The first-order chi connectivity index (χ1) is 5.81. The van der Waals surface area contributed by atoms with Gasteiger partial charge in [0.05, 0.1) is 11.3 Å². The molecule has 58 valence electrons. The van der Waals surface area contributed by atoms with E-state index in [0.29, 0.717) is 5.56 Å². The van der Waals surface area contributed by atoms with E-state index in [-0.39, 0.29) is 0 Å². The molecular formula is C9H7N3. The van der Waals surface area contributed by atoms with Gasteiger partial charge in [0.1, 0.15) is 11.7 Å². The first-order valence-corrected chi connectivity index (χ1v) is 3.66. The third-order valence-electron chi connectivity index (χ3n) is 1.85. The van der Waals surface area contributed by atoms with Crippen molar-refractivity contribution in [2.24, 2.45) is 0 Å². The molecule has 3 heteroatoms. The molecular weight excluding hydrogens is 150 g/mol. The fourth-order valence-corrected chi connectivity index (χ4v) is 1.19. The standard InChI is InChI=1S/C9H7N3/c1-6-8(5-10)4-7-2-3-11-9(7)12-6/h2-4H,1H3,(H,11,12). The fraction of sp³-hybridized carbons (Fsp3) is 0.111. The smallest absolute Gasteiger partial charge is 0.137 e. The molecule has 0 saturated heterocycles. The largest absolute Gasteiger partial charge is 0.346 e. The topological polar surface area (TPSA) is 52.5 Å². The zero-order chi connectivity index (χ0) is 8.55. The van der Waals surface area contributed by atoms with Gasteiger partial charge in [0, 0.05) is 11.6 Å². The monoisotopic (exact) mass is 157 g/mol. The second-order valence-electron chi connectivity index (χ2n) is 2.65. The van der Waals surface area contributed by atoms with Gasteiger partial charge in [-0.3, -0.25) is 0 Å². The highest BCUT2D eigenvalue weighted by Gasteiger charge is 2.01. The van der Waals surface area contributed by atoms with Crippen molar-refractivity contribution in [3.8, 4) is 6.07 Å². The Hall–Kier alpha value is -1.82. The van der Waals surface area contributed by atoms with Crippen LogP contribution in [0.15, 0.2) is 18.3 Å². The van der Waals surface area contributed by atoms with Crippen molar-refractivity contribution >= 4 is 11.0 Å². The molecule has 0 fully saturated rings. The van der Waals surface area contributed by atoms with Crippen LogP contribution < -0.4 is 0 Å². The van der Waals surface area contributed by atoms with Crippen LogP contribution in [0.2, 0.25) is 0 Å². The number of aryl methyl sites for hydroxylation is 1. The van der Waals surface area contributed by atoms with Gasteiger partial charge in [0.15, 0.2) is 0 Å². The zero-order valence-electron chi connectivity index (χ0n) is 6.63. The lowest BCUT2D eigenvalue weighted by molar-refractivity contribution is 1.20. The predicted molar refractivity (Wildman–Crippen MR) is 45.5 cm³/mol. The molecule has 0 unspecified atom stereocenters. The summed E-state index contributed by atoms with van der Waals surface area (Å²) >= 11 is 0. The maximum Gasteiger partial charge on any atom is 0.137 e. The number of hydrogen-bond acceptors (Lipinski definition) is 2. The van der Waals surface area contributed by atoms with Crippen molar-refractivity contribution < 1.29 is 0 Å². The molecule has 0 amide bonds. The van der Waals surface area contributed by atoms with Crippen molar-refractivity contribution in [1.82, 2.24) is 9.97 Å². The number of aromatic nitrogens is 2. The first kappa shape index (κ1) is 6.86. The summed E-state index contributed by atoms with van der Waals surface area (Å²) in [6, 6.07) is 5.85. The second kappa shape index (κ2) is 2.35. The molecule has 0 radical (unpaired) electrons. The minimum absolute atomic E-state index is 0.641. The van der Waals surface area contributed by atoms with E-state index in [2.05, 4.69) is 16.0 Å². The lowest BCUT2D eigenvalue weighted by atomic mass is 10.2. The van der Waals surface area contributed by atoms with Crippen LogP contribution in [0.25, 0.3) is 11.0 Å². The van der Waals surface area contributed by atoms with Gasteiger partial charge in [-0.1, -0.05) is 0 Å². The summed E-state index contributed by atoms with van der Waals surface area (Å²) in [5.74, 6) is 0. The Balaban J connectivity index is 2.84. The van der Waals surface area contributed by atoms with Gasteiger partial charge in [-0.25, -0.2) is 4.98 Å². The van der Waals surface area contributed by atoms with Gasteiger partial charge in [-0.15, -0.1) is 0 Å². The van der Waals surface area contributed by atoms with E-state index in [0.717, 1.165) is 16.7 Å². The Morgan fingerprint density at radius 2 is 2.42 bits per heavy atom. The highest BCUT2D eigenvalue weighted by atomic mass is 14.8. The van der Waals surface area contributed by atoms with Crippen LogP contribution in [0.5, 0.6) is 0 Å². The first-order valence-electron chi connectivity index (χ1n) is 3.66. The molecule has 0 spiro atoms. The summed E-state index contributed by atoms with van der Waals surface area (Å²) in [5, 5.41) is 9.70. The minimum atomic E-state index is 0.641. The van der Waals surface area contributed by atoms with Crippen molar-refractivity contribution in [2.45, 2.75) is 6.92 Å². The highest BCUT2D eigenvalue weighted by Crippen LogP contribution is 2.13. The van der Waals surface area contributed by atoms with Crippen LogP contribution in [-0.2, 0) is 0 Å². The van der Waals surface area contributed by atoms with Gasteiger partial charge < -0.3 is 4.98 Å². The molecule has 0 bridgehead atoms. The fourth-order valence-electron chi connectivity index (χ4n) is 1.19. The number of pyridine rings is 1. The van der Waals surface area contributed by atoms with Crippen LogP contribution in [0.3, 0.4) is 0 Å². The lowest BCUT2D eigenvalue weighted by Gasteiger charge is -1.95. The number of rotatable bonds is 0. The van der Waals surface area contributed by atoms with Gasteiger partial charge in [-0.05, 0) is 19.1 Å². The van der Waals surface area contributed by atoms with E-state index in [9.17, 15) is 0 Å². The Morgan fingerprint density at radius 1 is 1.58 bits per heavy atom. The number of H-pyrrole nitrogens is 1. The lowest BCUT2D eigenvalue weighted by Crippen LogP contribution is -1.87. The van der Waals surface area contributed by atoms with Gasteiger partial charge in [0.25, 0.3) is 0 Å². The van der Waals surface area contributed by atoms with Gasteiger partial charge in [0.2, 0.25) is 0 Å². The molecule has 2 aromatic heterocycles. The number of nitrogens with zero attached hydrogens (tertiary/aromatic N) is 2. The summed E-state index contributed by atoms with van der Waals surface area (Å²) in [6.45, 7) is 1.83. The summed E-state index contributed by atoms with van der Waals surface area (Å²) in [7, 11) is 0. The van der Waals surface area contributed by atoms with Crippen molar-refractivity contribution in [2.75, 3.05) is 0 Å². The third kappa shape index (κ3) is 0.857. The average Bonchev–Trinajstić information content (AvgIpc) is 2.49. The maximum atomic E-state index is 8.72. The van der Waals surface area contributed by atoms with Crippen LogP contribution in [0, 0.1) is 18.3 Å². The molecule has 0 aliphatic rings. The minimum Gasteiger partial charge on any atom is -0.346 e. The number of aromatic amines is 1. The third-order valence-corrected chi connectivity index (χ3v) is 1.85. The normalized spacial score (nSPS) is 10.0. The summed E-state index contributed by atoms with van der Waals surface area (Å²) in [5.41, 5.74) is 2.25. The van der Waals surface area contributed by atoms with Crippen molar-refractivity contribution in [1.29, 1.82) is 5.26 Å². The molecule has 0 aromatic carbocycles. The molecule has 0 aliphatic carbocycles. The summed E-state index contributed by atoms with van der Waals surface area (Å²) in [4.78, 5) is 7.22. The van der Waals surface area contributed by atoms with Crippen LogP contribution in [0.4, 0.5) is 0 Å². The Kier molecular flexibility index (Phi) is 1.34. The van der Waals surface area contributed by atoms with Crippen LogP contribution in [-0.4, -0.2) is 9.97 Å². The van der Waals surface area contributed by atoms with Gasteiger partial charge in [-0.2, -0.15) is 5.26 Å². The van der Waals surface area contributed by atoms with Gasteiger partial charge >= 0.3 is 0 Å². The van der Waals surface area contributed by atoms with Crippen molar-refractivity contribution in [3.63, 3.8) is 0 Å². The number of hydrogen-bond donors (Lipinski definition) is 1. The zero-order valence-corrected chi connectivity index (χ0v) is 6.63. The Labute approximate surface area is 69.7 Å². The quantitative estimate of drug-likeness (QED) is 0.633. The van der Waals surface area contributed by atoms with E-state index in [1.54, 1.807) is 0 Å². The van der Waals surface area contributed by atoms with E-state index < -0.39 is 0 Å². The predicted octanol–water partition coefficient (Wildman–Crippen LogP) is 1.74. The SMILES string of the molecule is Cc1nc2[nH]ccc2cc1C#N. The molecule has 0 aliphatic heterocycles. The molecule has 3 nitrogen and oxygen atoms in total. The molecule has 1 N–H and O–H groups in total. The Bertz CT molecular complexity index is 462. The maximum absolute atomic E-state index is 8.72. The number of fused-ring (bicyclic) bond motifs is 1. The number of nitrogens with one attached hydrogen (secondary N) is 1. The molecule has 2 heterocycles. The Morgan fingerprint density at radius 3 is 3.17 bits per heavy atom. The summed E-state index contributed by atoms with van der Waals surface area (Å²) in [6.07, 6.45) is 1.82. The van der Waals surface area contributed by atoms with E-state index in [4.69, 9.17) is 5.26 Å². The second-order valence-corrected chi connectivity index (χ2v) is 2.65. The average molecular weight is 157 g/mol. The highest BCUT2D eigenvalue weighted by molar-refractivity contribution is 5.77. The van der Waals surface area contributed by atoms with Crippen LogP contribution in [0.1, 0.15) is 11.3 Å². The summed E-state index contributed by atoms with van der Waals surface area (Å²) < 4.78 is 0. The van der Waals surface area contributed by atoms with E-state index in [1.165, 1.54) is 0 Å². The molecule has 0 atom stereocenters. The molecule has 2 rings (SSSR count). The molecule has 2 aromatic rings. The molecule has 0 saturated carbocycles.